The number of aliphatic hydroxyl groups excluding tert-OH is 1. The highest BCUT2D eigenvalue weighted by molar-refractivity contribution is 5.23. The molecule has 0 saturated carbocycles. The number of nitrogen functional groups attached to an aromatic ring is 1. The van der Waals surface area contributed by atoms with Crippen molar-refractivity contribution in [1.82, 2.24) is 9.55 Å². The normalized spacial score (nSPS) is 28.5. The maximum Gasteiger partial charge on any atom is 0.351 e. The lowest BCUT2D eigenvalue weighted by atomic mass is 10.2. The molecule has 1 saturated heterocycles. The molecular formula is C10H15N3O4. The van der Waals surface area contributed by atoms with E-state index < -0.39 is 18.0 Å². The summed E-state index contributed by atoms with van der Waals surface area (Å²) in [7, 11) is 1.56. The molecule has 2 rings (SSSR count). The second-order valence-electron chi connectivity index (χ2n) is 3.95. The molecule has 7 nitrogen and oxygen atoms in total. The zero-order valence-electron chi connectivity index (χ0n) is 9.44. The number of anilines is 1. The summed E-state index contributed by atoms with van der Waals surface area (Å²) in [6.07, 6.45) is 0.196. The molecule has 0 aromatic carbocycles. The van der Waals surface area contributed by atoms with E-state index in [1.54, 1.807) is 7.11 Å². The Hall–Kier alpha value is -1.44. The maximum atomic E-state index is 11.6. The molecule has 1 aliphatic heterocycles. The van der Waals surface area contributed by atoms with Gasteiger partial charge in [0.05, 0.1) is 12.7 Å². The van der Waals surface area contributed by atoms with Crippen molar-refractivity contribution in [2.75, 3.05) is 19.5 Å². The minimum absolute atomic E-state index is 0.146. The van der Waals surface area contributed by atoms with Crippen LogP contribution in [0.3, 0.4) is 0 Å². The molecule has 3 N–H and O–H groups in total. The van der Waals surface area contributed by atoms with Crippen LogP contribution in [0.5, 0.6) is 0 Å². The predicted molar refractivity (Wildman–Crippen MR) is 59.3 cm³/mol. The number of aliphatic hydroxyl groups is 1. The summed E-state index contributed by atoms with van der Waals surface area (Å²) < 4.78 is 11.7. The first-order valence-corrected chi connectivity index (χ1v) is 5.29. The van der Waals surface area contributed by atoms with Crippen molar-refractivity contribution in [3.05, 3.63) is 22.7 Å². The molecule has 3 unspecified atom stereocenters. The smallest absolute Gasteiger partial charge is 0.351 e. The Kier molecular flexibility index (Phi) is 3.41. The van der Waals surface area contributed by atoms with Crippen LogP contribution in [0.1, 0.15) is 12.6 Å². The number of nitrogens with two attached hydrogens (primary N) is 1. The Labute approximate surface area is 97.8 Å². The monoisotopic (exact) mass is 241 g/mol. The average molecular weight is 241 g/mol. The van der Waals surface area contributed by atoms with Crippen LogP contribution in [0.25, 0.3) is 0 Å². The van der Waals surface area contributed by atoms with Crippen LogP contribution in [0.15, 0.2) is 17.1 Å². The number of hydrogen-bond acceptors (Lipinski definition) is 6. The van der Waals surface area contributed by atoms with E-state index in [2.05, 4.69) is 4.98 Å². The number of rotatable bonds is 3. The SMILES string of the molecule is COCC1CC(O)C(n2ccc(N)nc2=O)O1. The Morgan fingerprint density at radius 1 is 1.76 bits per heavy atom. The van der Waals surface area contributed by atoms with Crippen molar-refractivity contribution >= 4 is 5.82 Å². The zero-order chi connectivity index (χ0) is 12.4. The summed E-state index contributed by atoms with van der Waals surface area (Å²) in [4.78, 5) is 15.2. The van der Waals surface area contributed by atoms with E-state index in [0.29, 0.717) is 13.0 Å². The van der Waals surface area contributed by atoms with Gasteiger partial charge in [0.15, 0.2) is 6.23 Å². The second-order valence-corrected chi connectivity index (χ2v) is 3.95. The van der Waals surface area contributed by atoms with Crippen LogP contribution in [-0.4, -0.2) is 40.6 Å². The van der Waals surface area contributed by atoms with Gasteiger partial charge in [-0.1, -0.05) is 0 Å². The van der Waals surface area contributed by atoms with Gasteiger partial charge in [-0.15, -0.1) is 0 Å². The molecule has 1 aromatic rings. The van der Waals surface area contributed by atoms with Crippen LogP contribution < -0.4 is 11.4 Å². The molecule has 17 heavy (non-hydrogen) atoms. The van der Waals surface area contributed by atoms with Crippen LogP contribution in [0, 0.1) is 0 Å². The van der Waals surface area contributed by atoms with E-state index in [9.17, 15) is 9.90 Å². The first-order chi connectivity index (χ1) is 8.11. The molecule has 1 fully saturated rings. The first kappa shape index (κ1) is 12.0. The molecule has 3 atom stereocenters. The molecule has 0 spiro atoms. The highest BCUT2D eigenvalue weighted by Crippen LogP contribution is 2.27. The lowest BCUT2D eigenvalue weighted by Gasteiger charge is -2.17. The molecule has 0 radical (unpaired) electrons. The highest BCUT2D eigenvalue weighted by Gasteiger charge is 2.35. The molecule has 0 amide bonds. The van der Waals surface area contributed by atoms with Crippen LogP contribution >= 0.6 is 0 Å². The molecule has 1 aliphatic rings. The van der Waals surface area contributed by atoms with Gasteiger partial charge in [-0.3, -0.25) is 4.57 Å². The van der Waals surface area contributed by atoms with Gasteiger partial charge in [0.25, 0.3) is 0 Å². The molecular weight excluding hydrogens is 226 g/mol. The highest BCUT2D eigenvalue weighted by atomic mass is 16.6. The minimum atomic E-state index is -0.752. The third kappa shape index (κ3) is 2.46. The van der Waals surface area contributed by atoms with Crippen LogP contribution in [0.4, 0.5) is 5.82 Å². The first-order valence-electron chi connectivity index (χ1n) is 5.29. The van der Waals surface area contributed by atoms with E-state index in [0.717, 1.165) is 0 Å². The van der Waals surface area contributed by atoms with Crippen molar-refractivity contribution in [3.8, 4) is 0 Å². The van der Waals surface area contributed by atoms with Gasteiger partial charge in [-0.05, 0) is 6.07 Å². The van der Waals surface area contributed by atoms with E-state index in [1.807, 2.05) is 0 Å². The third-order valence-corrected chi connectivity index (χ3v) is 2.64. The molecule has 2 heterocycles. The Bertz CT molecular complexity index is 447. The van der Waals surface area contributed by atoms with Gasteiger partial charge < -0.3 is 20.3 Å². The largest absolute Gasteiger partial charge is 0.388 e. The summed E-state index contributed by atoms with van der Waals surface area (Å²) in [5, 5.41) is 9.83. The fraction of sp³-hybridized carbons (Fsp3) is 0.600. The Balaban J connectivity index is 2.20. The van der Waals surface area contributed by atoms with Crippen LogP contribution in [0.2, 0.25) is 0 Å². The maximum absolute atomic E-state index is 11.6. The van der Waals surface area contributed by atoms with Crippen molar-refractivity contribution in [3.63, 3.8) is 0 Å². The quantitative estimate of drug-likeness (QED) is 0.713. The lowest BCUT2D eigenvalue weighted by Crippen LogP contribution is -2.31. The standard InChI is InChI=1S/C10H15N3O4/c1-16-5-6-4-7(14)9(17-6)13-3-2-8(11)12-10(13)15/h2-3,6-7,9,14H,4-5H2,1H3,(H2,11,12,15). The molecule has 1 aromatic heterocycles. The second kappa shape index (κ2) is 4.82. The van der Waals surface area contributed by atoms with E-state index in [-0.39, 0.29) is 11.9 Å². The number of nitrogens with zero attached hydrogens (tertiary/aromatic N) is 2. The van der Waals surface area contributed by atoms with Gasteiger partial charge in [0.2, 0.25) is 0 Å². The third-order valence-electron chi connectivity index (χ3n) is 2.64. The van der Waals surface area contributed by atoms with Crippen molar-refractivity contribution < 1.29 is 14.6 Å². The fourth-order valence-corrected chi connectivity index (χ4v) is 1.89. The Morgan fingerprint density at radius 2 is 2.53 bits per heavy atom. The fourth-order valence-electron chi connectivity index (χ4n) is 1.89. The van der Waals surface area contributed by atoms with E-state index >= 15 is 0 Å². The molecule has 0 bridgehead atoms. The van der Waals surface area contributed by atoms with Crippen LogP contribution in [-0.2, 0) is 9.47 Å². The lowest BCUT2D eigenvalue weighted by molar-refractivity contribution is -0.0581. The summed E-state index contributed by atoms with van der Waals surface area (Å²) in [6, 6.07) is 1.49. The van der Waals surface area contributed by atoms with Gasteiger partial charge in [0.1, 0.15) is 11.9 Å². The molecule has 0 aliphatic carbocycles. The topological polar surface area (TPSA) is 99.6 Å². The Morgan fingerprint density at radius 3 is 3.18 bits per heavy atom. The van der Waals surface area contributed by atoms with Gasteiger partial charge in [-0.2, -0.15) is 4.98 Å². The predicted octanol–water partition coefficient (Wildman–Crippen LogP) is -0.880. The number of aromatic nitrogens is 2. The number of methoxy groups -OCH3 is 1. The molecule has 94 valence electrons. The summed E-state index contributed by atoms with van der Waals surface area (Å²) in [5.41, 5.74) is 4.85. The van der Waals surface area contributed by atoms with Crippen molar-refractivity contribution in [2.24, 2.45) is 0 Å². The number of hydrogen-bond donors (Lipinski definition) is 2. The average Bonchev–Trinajstić information content (AvgIpc) is 2.60. The van der Waals surface area contributed by atoms with Gasteiger partial charge in [0, 0.05) is 19.7 Å². The van der Waals surface area contributed by atoms with Crippen molar-refractivity contribution in [1.29, 1.82) is 0 Å². The summed E-state index contributed by atoms with van der Waals surface area (Å²) >= 11 is 0. The summed E-state index contributed by atoms with van der Waals surface area (Å²) in [5.74, 6) is 0.146. The van der Waals surface area contributed by atoms with Gasteiger partial charge >= 0.3 is 5.69 Å². The van der Waals surface area contributed by atoms with E-state index in [1.165, 1.54) is 16.8 Å². The van der Waals surface area contributed by atoms with Crippen molar-refractivity contribution in [2.45, 2.75) is 24.9 Å². The summed E-state index contributed by atoms with van der Waals surface area (Å²) in [6.45, 7) is 0.380. The van der Waals surface area contributed by atoms with E-state index in [4.69, 9.17) is 15.2 Å². The zero-order valence-corrected chi connectivity index (χ0v) is 9.44. The molecule has 7 heteroatoms. The number of ether oxygens (including phenoxy) is 2. The van der Waals surface area contributed by atoms with Gasteiger partial charge in [-0.25, -0.2) is 4.79 Å². The minimum Gasteiger partial charge on any atom is -0.388 e.